The number of fused-ring (bicyclic) bond motifs is 1. The van der Waals surface area contributed by atoms with Crippen molar-refractivity contribution in [1.29, 1.82) is 0 Å². The van der Waals surface area contributed by atoms with E-state index in [1.54, 1.807) is 36.5 Å². The molecule has 0 bridgehead atoms. The Hall–Kier alpha value is -2.61. The van der Waals surface area contributed by atoms with Crippen molar-refractivity contribution >= 4 is 56.0 Å². The standard InChI is InChI=1S/C22H18ClN3O2S2/c1-28-18-10-9-17(23)21-20(18)25-22(30-21)26(13-15-6-5-11-24-12-15)19(27)14-29-16-7-3-2-4-8-16/h2-12H,13-14H2,1H3. The molecule has 2 aromatic heterocycles. The van der Waals surface area contributed by atoms with Gasteiger partial charge >= 0.3 is 0 Å². The summed E-state index contributed by atoms with van der Waals surface area (Å²) >= 11 is 9.26. The molecule has 0 aliphatic heterocycles. The van der Waals surface area contributed by atoms with Gasteiger partial charge in [-0.05, 0) is 35.9 Å². The minimum atomic E-state index is -0.0400. The van der Waals surface area contributed by atoms with Crippen LogP contribution in [0, 0.1) is 0 Å². The number of amides is 1. The van der Waals surface area contributed by atoms with E-state index in [0.717, 1.165) is 15.2 Å². The van der Waals surface area contributed by atoms with Crippen molar-refractivity contribution in [3.05, 3.63) is 77.6 Å². The Morgan fingerprint density at radius 1 is 1.17 bits per heavy atom. The summed E-state index contributed by atoms with van der Waals surface area (Å²) < 4.78 is 6.22. The number of pyridine rings is 1. The molecule has 0 fully saturated rings. The van der Waals surface area contributed by atoms with E-state index < -0.39 is 0 Å². The van der Waals surface area contributed by atoms with Crippen LogP contribution in [0.5, 0.6) is 5.75 Å². The van der Waals surface area contributed by atoms with Gasteiger partial charge in [0, 0.05) is 17.3 Å². The first kappa shape index (κ1) is 20.7. The lowest BCUT2D eigenvalue weighted by atomic mass is 10.2. The van der Waals surface area contributed by atoms with Gasteiger partial charge in [0.15, 0.2) is 5.13 Å². The maximum absolute atomic E-state index is 13.2. The molecular formula is C22H18ClN3O2S2. The Morgan fingerprint density at radius 2 is 2.00 bits per heavy atom. The van der Waals surface area contributed by atoms with Crippen molar-refractivity contribution in [3.63, 3.8) is 0 Å². The fraction of sp³-hybridized carbons (Fsp3) is 0.136. The van der Waals surface area contributed by atoms with Crippen LogP contribution in [0.4, 0.5) is 5.13 Å². The Bertz CT molecular complexity index is 1150. The molecule has 1 amide bonds. The summed E-state index contributed by atoms with van der Waals surface area (Å²) in [5, 5.41) is 1.17. The van der Waals surface area contributed by atoms with Crippen molar-refractivity contribution in [2.45, 2.75) is 11.4 Å². The van der Waals surface area contributed by atoms with Crippen molar-refractivity contribution in [3.8, 4) is 5.75 Å². The van der Waals surface area contributed by atoms with Crippen LogP contribution in [0.1, 0.15) is 5.56 Å². The third kappa shape index (κ3) is 4.59. The number of aromatic nitrogens is 2. The summed E-state index contributed by atoms with van der Waals surface area (Å²) in [7, 11) is 1.59. The Balaban J connectivity index is 1.67. The summed E-state index contributed by atoms with van der Waals surface area (Å²) in [6, 6.07) is 17.2. The van der Waals surface area contributed by atoms with E-state index in [0.29, 0.717) is 33.7 Å². The smallest absolute Gasteiger partial charge is 0.239 e. The molecule has 2 heterocycles. The Labute approximate surface area is 187 Å². The lowest BCUT2D eigenvalue weighted by Crippen LogP contribution is -2.31. The van der Waals surface area contributed by atoms with Gasteiger partial charge in [0.1, 0.15) is 11.3 Å². The normalized spacial score (nSPS) is 10.9. The summed E-state index contributed by atoms with van der Waals surface area (Å²) in [5.74, 6) is 0.886. The lowest BCUT2D eigenvalue weighted by molar-refractivity contribution is -0.116. The number of halogens is 1. The number of benzene rings is 2. The third-order valence-electron chi connectivity index (χ3n) is 4.37. The highest BCUT2D eigenvalue weighted by Crippen LogP contribution is 2.39. The molecule has 4 aromatic rings. The van der Waals surface area contributed by atoms with Crippen LogP contribution in [0.25, 0.3) is 10.2 Å². The van der Waals surface area contributed by atoms with Gasteiger partial charge in [-0.25, -0.2) is 4.98 Å². The first-order chi connectivity index (χ1) is 14.7. The second kappa shape index (κ2) is 9.47. The van der Waals surface area contributed by atoms with Gasteiger partial charge in [0.05, 0.1) is 29.1 Å². The molecule has 30 heavy (non-hydrogen) atoms. The summed E-state index contributed by atoms with van der Waals surface area (Å²) in [5.41, 5.74) is 1.58. The molecule has 8 heteroatoms. The molecule has 0 spiro atoms. The predicted molar refractivity (Wildman–Crippen MR) is 124 cm³/mol. The predicted octanol–water partition coefficient (Wildman–Crippen LogP) is 5.68. The van der Waals surface area contributed by atoms with Crippen LogP contribution in [-0.4, -0.2) is 28.7 Å². The minimum absolute atomic E-state index is 0.0400. The highest BCUT2D eigenvalue weighted by molar-refractivity contribution is 8.00. The molecule has 0 unspecified atom stereocenters. The molecule has 4 rings (SSSR count). The lowest BCUT2D eigenvalue weighted by Gasteiger charge is -2.19. The zero-order valence-electron chi connectivity index (χ0n) is 16.1. The highest BCUT2D eigenvalue weighted by Gasteiger charge is 2.22. The van der Waals surface area contributed by atoms with Gasteiger partial charge in [-0.1, -0.05) is 47.2 Å². The van der Waals surface area contributed by atoms with E-state index in [2.05, 4.69) is 4.98 Å². The van der Waals surface area contributed by atoms with Gasteiger partial charge in [0.25, 0.3) is 0 Å². The van der Waals surface area contributed by atoms with Gasteiger partial charge in [-0.3, -0.25) is 14.7 Å². The van der Waals surface area contributed by atoms with Crippen LogP contribution in [0.2, 0.25) is 5.02 Å². The fourth-order valence-electron chi connectivity index (χ4n) is 2.90. The monoisotopic (exact) mass is 455 g/mol. The quantitative estimate of drug-likeness (QED) is 0.335. The number of methoxy groups -OCH3 is 1. The number of thioether (sulfide) groups is 1. The zero-order valence-corrected chi connectivity index (χ0v) is 18.5. The largest absolute Gasteiger partial charge is 0.494 e. The van der Waals surface area contributed by atoms with E-state index >= 15 is 0 Å². The van der Waals surface area contributed by atoms with Crippen molar-refractivity contribution in [2.24, 2.45) is 0 Å². The van der Waals surface area contributed by atoms with E-state index in [1.807, 2.05) is 42.5 Å². The molecule has 2 aromatic carbocycles. The molecule has 5 nitrogen and oxygen atoms in total. The average Bonchev–Trinajstić information content (AvgIpc) is 3.24. The zero-order chi connectivity index (χ0) is 20.9. The van der Waals surface area contributed by atoms with E-state index in [9.17, 15) is 4.79 Å². The molecular weight excluding hydrogens is 438 g/mol. The van der Waals surface area contributed by atoms with E-state index in [-0.39, 0.29) is 5.91 Å². The van der Waals surface area contributed by atoms with Crippen LogP contribution in [-0.2, 0) is 11.3 Å². The highest BCUT2D eigenvalue weighted by atomic mass is 35.5. The average molecular weight is 456 g/mol. The summed E-state index contributed by atoms with van der Waals surface area (Å²) in [4.78, 5) is 24.8. The van der Waals surface area contributed by atoms with Gasteiger partial charge in [-0.2, -0.15) is 0 Å². The van der Waals surface area contributed by atoms with E-state index in [4.69, 9.17) is 21.3 Å². The number of carbonyl (C=O) groups is 1. The first-order valence-corrected chi connectivity index (χ1v) is 11.3. The molecule has 0 atom stereocenters. The van der Waals surface area contributed by atoms with Crippen LogP contribution < -0.4 is 9.64 Å². The maximum Gasteiger partial charge on any atom is 0.239 e. The summed E-state index contributed by atoms with van der Waals surface area (Å²) in [6.45, 7) is 0.377. The Kier molecular flexibility index (Phi) is 6.52. The minimum Gasteiger partial charge on any atom is -0.494 e. The molecule has 0 saturated carbocycles. The van der Waals surface area contributed by atoms with Gasteiger partial charge in [-0.15, -0.1) is 11.8 Å². The molecule has 0 N–H and O–H groups in total. The second-order valence-electron chi connectivity index (χ2n) is 6.37. The van der Waals surface area contributed by atoms with Crippen molar-refractivity contribution in [2.75, 3.05) is 17.8 Å². The molecule has 0 aliphatic rings. The number of ether oxygens (including phenoxy) is 1. The molecule has 152 valence electrons. The molecule has 0 saturated heterocycles. The number of anilines is 1. The molecule has 0 aliphatic carbocycles. The summed E-state index contributed by atoms with van der Waals surface area (Å²) in [6.07, 6.45) is 3.47. The van der Waals surface area contributed by atoms with Gasteiger partial charge in [0.2, 0.25) is 5.91 Å². The van der Waals surface area contributed by atoms with Crippen LogP contribution in [0.15, 0.2) is 71.9 Å². The van der Waals surface area contributed by atoms with Crippen LogP contribution >= 0.6 is 34.7 Å². The fourth-order valence-corrected chi connectivity index (χ4v) is 4.97. The van der Waals surface area contributed by atoms with Gasteiger partial charge < -0.3 is 4.74 Å². The number of thiazole rings is 1. The Morgan fingerprint density at radius 3 is 2.73 bits per heavy atom. The SMILES string of the molecule is COc1ccc(Cl)c2sc(N(Cc3cccnc3)C(=O)CSc3ccccc3)nc12. The van der Waals surface area contributed by atoms with Crippen molar-refractivity contribution in [1.82, 2.24) is 9.97 Å². The maximum atomic E-state index is 13.2. The van der Waals surface area contributed by atoms with Crippen molar-refractivity contribution < 1.29 is 9.53 Å². The number of carbonyl (C=O) groups excluding carboxylic acids is 1. The van der Waals surface area contributed by atoms with Crippen LogP contribution in [0.3, 0.4) is 0 Å². The third-order valence-corrected chi connectivity index (χ3v) is 6.90. The number of hydrogen-bond acceptors (Lipinski definition) is 6. The first-order valence-electron chi connectivity index (χ1n) is 9.16. The topological polar surface area (TPSA) is 55.3 Å². The number of nitrogens with zero attached hydrogens (tertiary/aromatic N) is 3. The van der Waals surface area contributed by atoms with E-state index in [1.165, 1.54) is 23.1 Å². The second-order valence-corrected chi connectivity index (χ2v) is 8.80. The number of hydrogen-bond donors (Lipinski definition) is 0. The molecule has 0 radical (unpaired) electrons. The number of rotatable bonds is 7.